The molecule has 2 N–H and O–H groups in total. The minimum atomic E-state index is -2.76. The number of para-hydroxylation sites is 2. The molecule has 0 amide bonds. The third-order valence-corrected chi connectivity index (χ3v) is 11.1. The first-order chi connectivity index (χ1) is 16.8. The monoisotopic (exact) mass is 481 g/mol. The second-order valence-corrected chi connectivity index (χ2v) is 13.4. The molecule has 0 spiro atoms. The third kappa shape index (κ3) is 4.44. The molecule has 1 aliphatic rings. The fraction of sp³-hybridized carbons (Fsp3) is 0.267. The number of nitrogens with zero attached hydrogens (tertiary/aromatic N) is 2. The van der Waals surface area contributed by atoms with E-state index >= 15 is 4.57 Å². The summed E-state index contributed by atoms with van der Waals surface area (Å²) in [7, 11) is -2.76. The predicted octanol–water partition coefficient (Wildman–Crippen LogP) is 7.17. The van der Waals surface area contributed by atoms with E-state index in [0.29, 0.717) is 18.7 Å². The van der Waals surface area contributed by atoms with E-state index in [1.54, 1.807) is 0 Å². The van der Waals surface area contributed by atoms with Crippen molar-refractivity contribution in [3.05, 3.63) is 113 Å². The first-order valence-corrected chi connectivity index (χ1v) is 14.3. The van der Waals surface area contributed by atoms with Gasteiger partial charge in [-0.15, -0.1) is 0 Å². The number of aryl methyl sites for hydroxylation is 1. The average molecular weight is 482 g/mol. The van der Waals surface area contributed by atoms with Crippen LogP contribution in [0.4, 0.5) is 0 Å². The fourth-order valence-corrected chi connectivity index (χ4v) is 9.79. The number of benzene rings is 3. The number of hydrogen-bond donors (Lipinski definition) is 1. The molecule has 5 rings (SSSR count). The molecule has 3 aromatic carbocycles. The van der Waals surface area contributed by atoms with Crippen molar-refractivity contribution >= 4 is 23.7 Å². The smallest absolute Gasteiger partial charge is 0.100 e. The highest BCUT2D eigenvalue weighted by Crippen LogP contribution is 2.68. The zero-order valence-electron chi connectivity index (χ0n) is 20.6. The topological polar surface area (TPSA) is 68.9 Å². The van der Waals surface area contributed by atoms with Crippen LogP contribution in [-0.2, 0) is 16.9 Å². The standard InChI is InChI=1S/C30H32N3OP/c1-21-29(33-26-17-11-10-16-25(26)32-21)28-24(31)18-27(30(28,2)3)35(34,19-22-12-6-4-7-13-22)20-23-14-8-5-9-15-23/h4-17,27H,18-20,31H2,1-3H3. The lowest BCUT2D eigenvalue weighted by atomic mass is 9.82. The maximum absolute atomic E-state index is 15.1. The Bertz CT molecular complexity index is 1400. The summed E-state index contributed by atoms with van der Waals surface area (Å²) in [4.78, 5) is 9.82. The molecule has 1 heterocycles. The molecule has 0 aliphatic heterocycles. The van der Waals surface area contributed by atoms with Crippen molar-refractivity contribution in [2.45, 2.75) is 45.2 Å². The molecule has 4 aromatic rings. The van der Waals surface area contributed by atoms with Gasteiger partial charge >= 0.3 is 0 Å². The van der Waals surface area contributed by atoms with Crippen molar-refractivity contribution in [1.82, 2.24) is 9.97 Å². The molecule has 0 saturated carbocycles. The summed E-state index contributed by atoms with van der Waals surface area (Å²) >= 11 is 0. The Kier molecular flexibility index (Phi) is 6.11. The Morgan fingerprint density at radius 2 is 1.31 bits per heavy atom. The first-order valence-electron chi connectivity index (χ1n) is 12.2. The van der Waals surface area contributed by atoms with Crippen LogP contribution in [0.25, 0.3) is 16.6 Å². The molecular weight excluding hydrogens is 449 g/mol. The minimum absolute atomic E-state index is 0.0851. The summed E-state index contributed by atoms with van der Waals surface area (Å²) < 4.78 is 15.1. The number of rotatable bonds is 6. The molecule has 0 bridgehead atoms. The average Bonchev–Trinajstić information content (AvgIpc) is 3.08. The lowest BCUT2D eigenvalue weighted by Gasteiger charge is -2.37. The quantitative estimate of drug-likeness (QED) is 0.296. The zero-order valence-corrected chi connectivity index (χ0v) is 21.5. The van der Waals surface area contributed by atoms with Crippen LogP contribution in [0, 0.1) is 12.3 Å². The van der Waals surface area contributed by atoms with Gasteiger partial charge in [0.25, 0.3) is 0 Å². The highest BCUT2D eigenvalue weighted by atomic mass is 31.2. The van der Waals surface area contributed by atoms with E-state index in [-0.39, 0.29) is 5.66 Å². The maximum atomic E-state index is 15.1. The Labute approximate surface area is 207 Å². The number of fused-ring (bicyclic) bond motifs is 1. The molecule has 178 valence electrons. The molecule has 1 unspecified atom stereocenters. The second-order valence-electron chi connectivity index (χ2n) is 10.2. The van der Waals surface area contributed by atoms with Crippen LogP contribution in [-0.4, -0.2) is 15.6 Å². The molecule has 5 heteroatoms. The Morgan fingerprint density at radius 1 is 0.829 bits per heavy atom. The summed E-state index contributed by atoms with van der Waals surface area (Å²) in [6.45, 7) is 6.36. The number of aromatic nitrogens is 2. The molecule has 1 aromatic heterocycles. The summed E-state index contributed by atoms with van der Waals surface area (Å²) in [6, 6.07) is 28.3. The van der Waals surface area contributed by atoms with Gasteiger partial charge in [0.05, 0.1) is 22.4 Å². The van der Waals surface area contributed by atoms with Crippen molar-refractivity contribution in [2.24, 2.45) is 11.1 Å². The van der Waals surface area contributed by atoms with Crippen LogP contribution in [0.15, 0.2) is 90.6 Å². The first kappa shape index (κ1) is 23.5. The molecule has 1 aliphatic carbocycles. The molecule has 1 atom stereocenters. The Morgan fingerprint density at radius 3 is 1.86 bits per heavy atom. The lowest BCUT2D eigenvalue weighted by Crippen LogP contribution is -2.28. The van der Waals surface area contributed by atoms with E-state index < -0.39 is 12.6 Å². The SMILES string of the molecule is Cc1nc2ccccc2nc1C1=C(N)CC(P(=O)(Cc2ccccc2)Cc2ccccc2)C1(C)C. The van der Waals surface area contributed by atoms with Crippen molar-refractivity contribution in [1.29, 1.82) is 0 Å². The molecule has 4 nitrogen and oxygen atoms in total. The van der Waals surface area contributed by atoms with Gasteiger partial charge in [0, 0.05) is 34.7 Å². The maximum Gasteiger partial charge on any atom is 0.100 e. The second kappa shape index (κ2) is 9.09. The molecule has 35 heavy (non-hydrogen) atoms. The van der Waals surface area contributed by atoms with E-state index in [1.807, 2.05) is 67.6 Å². The van der Waals surface area contributed by atoms with E-state index in [1.165, 1.54) is 0 Å². The van der Waals surface area contributed by atoms with Gasteiger partial charge in [-0.2, -0.15) is 0 Å². The van der Waals surface area contributed by atoms with Crippen molar-refractivity contribution in [2.75, 3.05) is 0 Å². The van der Waals surface area contributed by atoms with E-state index in [4.69, 9.17) is 15.7 Å². The molecule has 0 radical (unpaired) electrons. The van der Waals surface area contributed by atoms with Crippen LogP contribution < -0.4 is 5.73 Å². The lowest BCUT2D eigenvalue weighted by molar-refractivity contribution is 0.462. The molecular formula is C30H32N3OP. The number of hydrogen-bond acceptors (Lipinski definition) is 4. The summed E-state index contributed by atoms with van der Waals surface area (Å²) in [5.74, 6) is 0. The largest absolute Gasteiger partial charge is 0.402 e. The number of nitrogens with two attached hydrogens (primary N) is 1. The van der Waals surface area contributed by atoms with Gasteiger partial charge in [0.1, 0.15) is 7.14 Å². The highest BCUT2D eigenvalue weighted by Gasteiger charge is 2.51. The Hall–Kier alpha value is -3.23. The third-order valence-electron chi connectivity index (χ3n) is 7.35. The predicted molar refractivity (Wildman–Crippen MR) is 145 cm³/mol. The van der Waals surface area contributed by atoms with Gasteiger partial charge in [-0.25, -0.2) is 9.97 Å². The molecule has 0 saturated heterocycles. The van der Waals surface area contributed by atoms with Gasteiger partial charge in [-0.3, -0.25) is 0 Å². The van der Waals surface area contributed by atoms with Crippen LogP contribution in [0.3, 0.4) is 0 Å². The van der Waals surface area contributed by atoms with Gasteiger partial charge in [-0.1, -0.05) is 86.6 Å². The normalized spacial score (nSPS) is 17.7. The van der Waals surface area contributed by atoms with Crippen molar-refractivity contribution in [3.63, 3.8) is 0 Å². The summed E-state index contributed by atoms with van der Waals surface area (Å²) in [5, 5.41) is 0. The van der Waals surface area contributed by atoms with Gasteiger partial charge in [0.2, 0.25) is 0 Å². The van der Waals surface area contributed by atoms with Crippen LogP contribution in [0.2, 0.25) is 0 Å². The van der Waals surface area contributed by atoms with E-state index in [9.17, 15) is 0 Å². The molecule has 0 fully saturated rings. The zero-order chi connectivity index (χ0) is 24.6. The summed E-state index contributed by atoms with van der Waals surface area (Å²) in [5.41, 5.74) is 13.7. The number of allylic oxidation sites excluding steroid dienone is 2. The van der Waals surface area contributed by atoms with Gasteiger partial charge < -0.3 is 10.3 Å². The summed E-state index contributed by atoms with van der Waals surface area (Å²) in [6.07, 6.45) is 1.72. The fourth-order valence-electron chi connectivity index (χ4n) is 5.74. The minimum Gasteiger partial charge on any atom is -0.402 e. The highest BCUT2D eigenvalue weighted by molar-refractivity contribution is 7.63. The van der Waals surface area contributed by atoms with Crippen LogP contribution >= 0.6 is 7.14 Å². The van der Waals surface area contributed by atoms with Crippen molar-refractivity contribution in [3.8, 4) is 0 Å². The Balaban J connectivity index is 1.58. The van der Waals surface area contributed by atoms with Gasteiger partial charge in [-0.05, 0) is 36.6 Å². The van der Waals surface area contributed by atoms with Crippen LogP contribution in [0.5, 0.6) is 0 Å². The van der Waals surface area contributed by atoms with Gasteiger partial charge in [0.15, 0.2) is 0 Å². The van der Waals surface area contributed by atoms with Crippen molar-refractivity contribution < 1.29 is 4.57 Å². The van der Waals surface area contributed by atoms with Crippen LogP contribution in [0.1, 0.15) is 42.8 Å². The van der Waals surface area contributed by atoms with E-state index in [2.05, 4.69) is 38.1 Å². The van der Waals surface area contributed by atoms with E-state index in [0.717, 1.165) is 44.8 Å².